The SMILES string of the molecule is O=C(Nc1cc(N2CCCC2)ccc1F)C1CCN(C(=O)C(F)(F)F)CC1. The maximum Gasteiger partial charge on any atom is 0.471 e. The molecule has 2 amide bonds. The Kier molecular flexibility index (Phi) is 5.57. The van der Waals surface area contributed by atoms with Crippen LogP contribution >= 0.6 is 0 Å². The zero-order valence-electron chi connectivity index (χ0n) is 14.7. The molecule has 3 rings (SSSR count). The molecule has 148 valence electrons. The lowest BCUT2D eigenvalue weighted by Gasteiger charge is -2.31. The molecule has 0 spiro atoms. The van der Waals surface area contributed by atoms with Gasteiger partial charge in [-0.3, -0.25) is 9.59 Å². The van der Waals surface area contributed by atoms with E-state index in [0.29, 0.717) is 4.90 Å². The molecule has 2 heterocycles. The minimum Gasteiger partial charge on any atom is -0.371 e. The van der Waals surface area contributed by atoms with E-state index < -0.39 is 29.7 Å². The van der Waals surface area contributed by atoms with Gasteiger partial charge in [-0.15, -0.1) is 0 Å². The van der Waals surface area contributed by atoms with Gasteiger partial charge in [0.1, 0.15) is 5.82 Å². The number of hydrogen-bond donors (Lipinski definition) is 1. The van der Waals surface area contributed by atoms with E-state index in [9.17, 15) is 27.2 Å². The summed E-state index contributed by atoms with van der Waals surface area (Å²) in [5.74, 6) is -3.44. The Morgan fingerprint density at radius 2 is 1.67 bits per heavy atom. The molecule has 0 unspecified atom stereocenters. The molecule has 5 nitrogen and oxygen atoms in total. The number of halogens is 4. The summed E-state index contributed by atoms with van der Waals surface area (Å²) in [5, 5.41) is 2.55. The molecule has 9 heteroatoms. The van der Waals surface area contributed by atoms with Crippen LogP contribution in [0.25, 0.3) is 0 Å². The van der Waals surface area contributed by atoms with Gasteiger partial charge < -0.3 is 15.1 Å². The molecular formula is C18H21F4N3O2. The predicted octanol–water partition coefficient (Wildman–Crippen LogP) is 3.17. The predicted molar refractivity (Wildman–Crippen MR) is 91.8 cm³/mol. The van der Waals surface area contributed by atoms with Crippen molar-refractivity contribution in [3.63, 3.8) is 0 Å². The third-order valence-corrected chi connectivity index (χ3v) is 5.07. The fourth-order valence-corrected chi connectivity index (χ4v) is 3.54. The zero-order chi connectivity index (χ0) is 19.6. The van der Waals surface area contributed by atoms with Crippen LogP contribution in [0.1, 0.15) is 25.7 Å². The second kappa shape index (κ2) is 7.74. The Balaban J connectivity index is 1.60. The second-order valence-electron chi connectivity index (χ2n) is 6.91. The van der Waals surface area contributed by atoms with E-state index >= 15 is 0 Å². The quantitative estimate of drug-likeness (QED) is 0.811. The van der Waals surface area contributed by atoms with Crippen LogP contribution in [0.4, 0.5) is 28.9 Å². The molecule has 2 aliphatic rings. The topological polar surface area (TPSA) is 52.7 Å². The molecule has 0 saturated carbocycles. The van der Waals surface area contributed by atoms with Gasteiger partial charge in [0.25, 0.3) is 0 Å². The van der Waals surface area contributed by atoms with Gasteiger partial charge in [-0.1, -0.05) is 0 Å². The molecule has 0 aliphatic carbocycles. The first-order chi connectivity index (χ1) is 12.8. The number of carbonyl (C=O) groups excluding carboxylic acids is 2. The molecule has 1 aromatic rings. The number of benzene rings is 1. The molecule has 1 aromatic carbocycles. The number of nitrogens with one attached hydrogen (secondary N) is 1. The van der Waals surface area contributed by atoms with Gasteiger partial charge in [-0.05, 0) is 43.9 Å². The minimum absolute atomic E-state index is 0.0678. The van der Waals surface area contributed by atoms with Crippen molar-refractivity contribution in [1.29, 1.82) is 0 Å². The lowest BCUT2D eigenvalue weighted by Crippen LogP contribution is -2.46. The first kappa shape index (κ1) is 19.4. The molecule has 0 atom stereocenters. The lowest BCUT2D eigenvalue weighted by atomic mass is 9.95. The summed E-state index contributed by atoms with van der Waals surface area (Å²) in [4.78, 5) is 26.5. The Labute approximate surface area is 154 Å². The fraction of sp³-hybridized carbons (Fsp3) is 0.556. The molecule has 27 heavy (non-hydrogen) atoms. The van der Waals surface area contributed by atoms with Crippen LogP contribution in [-0.4, -0.2) is 49.1 Å². The number of nitrogens with zero attached hydrogens (tertiary/aromatic N) is 2. The standard InChI is InChI=1S/C18H21F4N3O2/c19-14-4-3-13(24-7-1-2-8-24)11-15(14)23-16(26)12-5-9-25(10-6-12)17(27)18(20,21)22/h3-4,11-12H,1-2,5-10H2,(H,23,26). The fourth-order valence-electron chi connectivity index (χ4n) is 3.54. The maximum absolute atomic E-state index is 14.1. The monoisotopic (exact) mass is 387 g/mol. The third-order valence-electron chi connectivity index (χ3n) is 5.07. The first-order valence-corrected chi connectivity index (χ1v) is 8.97. The number of rotatable bonds is 3. The van der Waals surface area contributed by atoms with E-state index in [2.05, 4.69) is 10.2 Å². The van der Waals surface area contributed by atoms with Gasteiger partial charge in [0.2, 0.25) is 5.91 Å². The summed E-state index contributed by atoms with van der Waals surface area (Å²) in [5.41, 5.74) is 0.896. The number of likely N-dealkylation sites (tertiary alicyclic amines) is 1. The lowest BCUT2D eigenvalue weighted by molar-refractivity contribution is -0.186. The average molecular weight is 387 g/mol. The van der Waals surface area contributed by atoms with Crippen molar-refractivity contribution in [3.05, 3.63) is 24.0 Å². The van der Waals surface area contributed by atoms with Gasteiger partial charge in [0.05, 0.1) is 5.69 Å². The van der Waals surface area contributed by atoms with E-state index in [0.717, 1.165) is 31.6 Å². The summed E-state index contributed by atoms with van der Waals surface area (Å²) in [6, 6.07) is 4.55. The van der Waals surface area contributed by atoms with E-state index in [4.69, 9.17) is 0 Å². The zero-order valence-corrected chi connectivity index (χ0v) is 14.7. The Morgan fingerprint density at radius 1 is 1.04 bits per heavy atom. The van der Waals surface area contributed by atoms with Crippen LogP contribution in [0, 0.1) is 11.7 Å². The van der Waals surface area contributed by atoms with Crippen molar-refractivity contribution in [2.75, 3.05) is 36.4 Å². The summed E-state index contributed by atoms with van der Waals surface area (Å²) in [6.07, 6.45) is -2.56. The van der Waals surface area contributed by atoms with Crippen LogP contribution in [0.2, 0.25) is 0 Å². The van der Waals surface area contributed by atoms with E-state index in [1.54, 1.807) is 12.1 Å². The third kappa shape index (κ3) is 4.51. The highest BCUT2D eigenvalue weighted by atomic mass is 19.4. The molecule has 0 aromatic heterocycles. The Morgan fingerprint density at radius 3 is 2.26 bits per heavy atom. The van der Waals surface area contributed by atoms with Crippen LogP contribution in [0.3, 0.4) is 0 Å². The van der Waals surface area contributed by atoms with Crippen molar-refractivity contribution >= 4 is 23.2 Å². The normalized spacial score (nSPS) is 18.7. The van der Waals surface area contributed by atoms with Gasteiger partial charge in [0, 0.05) is 37.8 Å². The molecule has 0 radical (unpaired) electrons. The van der Waals surface area contributed by atoms with Crippen LogP contribution in [0.5, 0.6) is 0 Å². The number of hydrogen-bond acceptors (Lipinski definition) is 3. The van der Waals surface area contributed by atoms with Gasteiger partial charge >= 0.3 is 12.1 Å². The van der Waals surface area contributed by atoms with E-state index in [1.807, 2.05) is 0 Å². The maximum atomic E-state index is 14.1. The van der Waals surface area contributed by atoms with Crippen molar-refractivity contribution in [2.45, 2.75) is 31.9 Å². The van der Waals surface area contributed by atoms with Gasteiger partial charge in [-0.2, -0.15) is 13.2 Å². The smallest absolute Gasteiger partial charge is 0.371 e. The molecule has 2 fully saturated rings. The van der Waals surface area contributed by atoms with Crippen LogP contribution in [-0.2, 0) is 9.59 Å². The highest BCUT2D eigenvalue weighted by Gasteiger charge is 2.43. The highest BCUT2D eigenvalue weighted by molar-refractivity contribution is 5.93. The summed E-state index contributed by atoms with van der Waals surface area (Å²) in [6.45, 7) is 1.47. The van der Waals surface area contributed by atoms with Crippen molar-refractivity contribution in [2.24, 2.45) is 5.92 Å². The summed E-state index contributed by atoms with van der Waals surface area (Å²) < 4.78 is 51.5. The average Bonchev–Trinajstić information content (AvgIpc) is 3.17. The van der Waals surface area contributed by atoms with Crippen molar-refractivity contribution in [1.82, 2.24) is 4.90 Å². The molecule has 0 bridgehead atoms. The van der Waals surface area contributed by atoms with E-state index in [1.165, 1.54) is 6.07 Å². The first-order valence-electron chi connectivity index (χ1n) is 8.97. The summed E-state index contributed by atoms with van der Waals surface area (Å²) >= 11 is 0. The van der Waals surface area contributed by atoms with Crippen LogP contribution in [0.15, 0.2) is 18.2 Å². The number of alkyl halides is 3. The molecule has 2 saturated heterocycles. The minimum atomic E-state index is -4.91. The van der Waals surface area contributed by atoms with E-state index in [-0.39, 0.29) is 31.6 Å². The molecule has 1 N–H and O–H groups in total. The molecular weight excluding hydrogens is 366 g/mol. The number of anilines is 2. The van der Waals surface area contributed by atoms with Crippen molar-refractivity contribution in [3.8, 4) is 0 Å². The number of carbonyl (C=O) groups is 2. The number of amides is 2. The Bertz CT molecular complexity index is 709. The molecule has 2 aliphatic heterocycles. The van der Waals surface area contributed by atoms with Crippen molar-refractivity contribution < 1.29 is 27.2 Å². The van der Waals surface area contributed by atoms with Crippen LogP contribution < -0.4 is 10.2 Å². The number of piperidine rings is 1. The highest BCUT2D eigenvalue weighted by Crippen LogP contribution is 2.28. The van der Waals surface area contributed by atoms with Gasteiger partial charge in [0.15, 0.2) is 0 Å². The summed E-state index contributed by atoms with van der Waals surface area (Å²) in [7, 11) is 0. The second-order valence-corrected chi connectivity index (χ2v) is 6.91. The Hall–Kier alpha value is -2.32. The largest absolute Gasteiger partial charge is 0.471 e. The van der Waals surface area contributed by atoms with Gasteiger partial charge in [-0.25, -0.2) is 4.39 Å².